The fourth-order valence-electron chi connectivity index (χ4n) is 1.42. The number of nitrogens with two attached hydrogens (primary N) is 1. The van der Waals surface area contributed by atoms with Crippen molar-refractivity contribution in [2.75, 3.05) is 25.2 Å². The summed E-state index contributed by atoms with van der Waals surface area (Å²) in [6.45, 7) is 0.341. The lowest BCUT2D eigenvalue weighted by Gasteiger charge is -2.13. The Bertz CT molecular complexity index is 373. The van der Waals surface area contributed by atoms with Crippen LogP contribution in [0.25, 0.3) is 0 Å². The van der Waals surface area contributed by atoms with E-state index in [9.17, 15) is 4.79 Å². The van der Waals surface area contributed by atoms with Crippen molar-refractivity contribution in [1.29, 1.82) is 0 Å². The maximum atomic E-state index is 11.8. The molecule has 0 aliphatic heterocycles. The number of nitrogens with one attached hydrogen (secondary N) is 1. The number of ether oxygens (including phenoxy) is 1. The van der Waals surface area contributed by atoms with Crippen LogP contribution in [0.15, 0.2) is 29.2 Å². The highest BCUT2D eigenvalue weighted by atomic mass is 35.5. The summed E-state index contributed by atoms with van der Waals surface area (Å²) >= 11 is 1.60. The third kappa shape index (κ3) is 5.27. The van der Waals surface area contributed by atoms with Crippen molar-refractivity contribution in [2.24, 2.45) is 5.73 Å². The zero-order chi connectivity index (χ0) is 12.7. The first-order valence-electron chi connectivity index (χ1n) is 5.37. The Morgan fingerprint density at radius 1 is 1.50 bits per heavy atom. The van der Waals surface area contributed by atoms with Crippen LogP contribution in [0.3, 0.4) is 0 Å². The molecule has 1 amide bonds. The van der Waals surface area contributed by atoms with E-state index in [2.05, 4.69) is 5.32 Å². The Balaban J connectivity index is 0.00000289. The minimum atomic E-state index is -0.226. The predicted molar refractivity (Wildman–Crippen MR) is 78.6 cm³/mol. The van der Waals surface area contributed by atoms with Gasteiger partial charge < -0.3 is 15.8 Å². The summed E-state index contributed by atoms with van der Waals surface area (Å²) in [5, 5.41) is 2.87. The zero-order valence-electron chi connectivity index (χ0n) is 10.5. The summed E-state index contributed by atoms with van der Waals surface area (Å²) in [4.78, 5) is 12.8. The lowest BCUT2D eigenvalue weighted by Crippen LogP contribution is -2.28. The Hall–Kier alpha value is -0.750. The van der Waals surface area contributed by atoms with Crippen molar-refractivity contribution >= 4 is 35.8 Å². The van der Waals surface area contributed by atoms with E-state index in [1.54, 1.807) is 18.9 Å². The van der Waals surface area contributed by atoms with Crippen molar-refractivity contribution in [1.82, 2.24) is 0 Å². The molecule has 3 N–H and O–H groups in total. The van der Waals surface area contributed by atoms with E-state index in [0.717, 1.165) is 10.6 Å². The van der Waals surface area contributed by atoms with Gasteiger partial charge in [0.15, 0.2) is 0 Å². The number of thioether (sulfide) groups is 1. The molecular weight excluding hydrogens is 272 g/mol. The second-order valence-corrected chi connectivity index (χ2v) is 4.39. The van der Waals surface area contributed by atoms with Gasteiger partial charge in [0.25, 0.3) is 0 Å². The average Bonchev–Trinajstić information content (AvgIpc) is 2.36. The number of hydrogen-bond acceptors (Lipinski definition) is 4. The molecule has 0 aliphatic rings. The number of rotatable bonds is 6. The van der Waals surface area contributed by atoms with Gasteiger partial charge in [-0.15, -0.1) is 24.2 Å². The second kappa shape index (κ2) is 9.22. The molecule has 0 saturated heterocycles. The van der Waals surface area contributed by atoms with Gasteiger partial charge in [-0.3, -0.25) is 4.79 Å². The molecule has 1 aromatic carbocycles. The molecule has 6 heteroatoms. The number of anilines is 1. The molecule has 0 bridgehead atoms. The van der Waals surface area contributed by atoms with Crippen LogP contribution in [0.2, 0.25) is 0 Å². The summed E-state index contributed by atoms with van der Waals surface area (Å²) in [6.07, 6.45) is 2.02. The number of amides is 1. The molecule has 1 atom stereocenters. The molecule has 4 nitrogen and oxygen atoms in total. The van der Waals surface area contributed by atoms with E-state index in [0.29, 0.717) is 6.54 Å². The summed E-state index contributed by atoms with van der Waals surface area (Å²) in [5.41, 5.74) is 6.30. The number of carbonyl (C=O) groups is 1. The quantitative estimate of drug-likeness (QED) is 0.788. The molecule has 0 heterocycles. The van der Waals surface area contributed by atoms with E-state index in [1.165, 1.54) is 0 Å². The fraction of sp³-hybridized carbons (Fsp3) is 0.417. The molecule has 0 aromatic heterocycles. The molecule has 0 radical (unpaired) electrons. The van der Waals surface area contributed by atoms with Gasteiger partial charge in [0, 0.05) is 18.6 Å². The first-order valence-corrected chi connectivity index (χ1v) is 6.59. The molecule has 0 fully saturated rings. The molecular formula is C12H19ClN2O2S. The molecule has 0 spiro atoms. The van der Waals surface area contributed by atoms with Crippen LogP contribution in [-0.2, 0) is 9.53 Å². The normalized spacial score (nSPS) is 11.5. The van der Waals surface area contributed by atoms with E-state index in [-0.39, 0.29) is 30.8 Å². The maximum absolute atomic E-state index is 11.8. The average molecular weight is 291 g/mol. The first kappa shape index (κ1) is 17.2. The first-order chi connectivity index (χ1) is 8.21. The van der Waals surface area contributed by atoms with Crippen LogP contribution in [-0.4, -0.2) is 31.9 Å². The highest BCUT2D eigenvalue weighted by Gasteiger charge is 2.12. The molecule has 0 saturated carbocycles. The largest absolute Gasteiger partial charge is 0.380 e. The third-order valence-corrected chi connectivity index (χ3v) is 3.19. The standard InChI is InChI=1S/C12H18N2O2S.ClH/c1-16-9(8-13)7-12(15)14-10-5-3-4-6-11(10)17-2;/h3-6,9H,7-8,13H2,1-2H3,(H,14,15);1H. The van der Waals surface area contributed by atoms with Crippen molar-refractivity contribution in [3.8, 4) is 0 Å². The lowest BCUT2D eigenvalue weighted by atomic mass is 10.2. The molecule has 102 valence electrons. The van der Waals surface area contributed by atoms with Crippen LogP contribution in [0.5, 0.6) is 0 Å². The lowest BCUT2D eigenvalue weighted by molar-refractivity contribution is -0.118. The zero-order valence-corrected chi connectivity index (χ0v) is 12.1. The molecule has 1 aromatic rings. The van der Waals surface area contributed by atoms with Gasteiger partial charge in [0.2, 0.25) is 5.91 Å². The summed E-state index contributed by atoms with van der Waals surface area (Å²) in [6, 6.07) is 7.69. The molecule has 1 rings (SSSR count). The Morgan fingerprint density at radius 2 is 2.17 bits per heavy atom. The monoisotopic (exact) mass is 290 g/mol. The van der Waals surface area contributed by atoms with Crippen LogP contribution >= 0.6 is 24.2 Å². The topological polar surface area (TPSA) is 64.3 Å². The number of para-hydroxylation sites is 1. The van der Waals surface area contributed by atoms with Crippen molar-refractivity contribution < 1.29 is 9.53 Å². The summed E-state index contributed by atoms with van der Waals surface area (Å²) in [7, 11) is 1.56. The van der Waals surface area contributed by atoms with Crippen molar-refractivity contribution in [2.45, 2.75) is 17.4 Å². The van der Waals surface area contributed by atoms with Gasteiger partial charge in [-0.05, 0) is 18.4 Å². The Morgan fingerprint density at radius 3 is 2.72 bits per heavy atom. The van der Waals surface area contributed by atoms with Crippen LogP contribution in [0.1, 0.15) is 6.42 Å². The smallest absolute Gasteiger partial charge is 0.227 e. The number of carbonyl (C=O) groups excluding carboxylic acids is 1. The number of benzene rings is 1. The minimum Gasteiger partial charge on any atom is -0.380 e. The highest BCUT2D eigenvalue weighted by Crippen LogP contribution is 2.24. The van der Waals surface area contributed by atoms with E-state index in [4.69, 9.17) is 10.5 Å². The van der Waals surface area contributed by atoms with E-state index < -0.39 is 0 Å². The SMILES string of the molecule is COC(CN)CC(=O)Nc1ccccc1SC.Cl. The van der Waals surface area contributed by atoms with E-state index in [1.807, 2.05) is 30.5 Å². The number of methoxy groups -OCH3 is 1. The Labute approximate surface area is 118 Å². The van der Waals surface area contributed by atoms with Crippen LogP contribution in [0, 0.1) is 0 Å². The van der Waals surface area contributed by atoms with Gasteiger partial charge in [-0.2, -0.15) is 0 Å². The van der Waals surface area contributed by atoms with Crippen molar-refractivity contribution in [3.05, 3.63) is 24.3 Å². The summed E-state index contributed by atoms with van der Waals surface area (Å²) < 4.78 is 5.07. The Kier molecular flexibility index (Phi) is 8.83. The van der Waals surface area contributed by atoms with Crippen LogP contribution in [0.4, 0.5) is 5.69 Å². The number of halogens is 1. The van der Waals surface area contributed by atoms with Gasteiger partial charge in [-0.1, -0.05) is 12.1 Å². The van der Waals surface area contributed by atoms with Gasteiger partial charge in [0.05, 0.1) is 18.2 Å². The van der Waals surface area contributed by atoms with Crippen LogP contribution < -0.4 is 11.1 Å². The van der Waals surface area contributed by atoms with E-state index >= 15 is 0 Å². The molecule has 1 unspecified atom stereocenters. The third-order valence-electron chi connectivity index (χ3n) is 2.39. The van der Waals surface area contributed by atoms with Gasteiger partial charge in [0.1, 0.15) is 0 Å². The highest BCUT2D eigenvalue weighted by molar-refractivity contribution is 7.98. The maximum Gasteiger partial charge on any atom is 0.227 e. The summed E-state index contributed by atoms with van der Waals surface area (Å²) in [5.74, 6) is -0.0798. The minimum absolute atomic E-state index is 0. The molecule has 18 heavy (non-hydrogen) atoms. The second-order valence-electron chi connectivity index (χ2n) is 3.55. The predicted octanol–water partition coefficient (Wildman–Crippen LogP) is 2.13. The van der Waals surface area contributed by atoms with Gasteiger partial charge in [-0.25, -0.2) is 0 Å². The van der Waals surface area contributed by atoms with Crippen molar-refractivity contribution in [3.63, 3.8) is 0 Å². The fourth-order valence-corrected chi connectivity index (χ4v) is 1.97. The molecule has 0 aliphatic carbocycles. The van der Waals surface area contributed by atoms with Gasteiger partial charge >= 0.3 is 0 Å². The number of hydrogen-bond donors (Lipinski definition) is 2.